The standard InChI is InChI=1S/C17H18N2OS/c1-12-15(7-5-9-19-12)20-11-14-13-6-3-4-8-16(13)21-17(14)10-18-2/h3-9,18H,10-11H2,1-2H3. The molecule has 2 aromatic heterocycles. The highest BCUT2D eigenvalue weighted by Crippen LogP contribution is 2.32. The number of pyridine rings is 1. The number of ether oxygens (including phenoxy) is 1. The molecule has 0 aliphatic rings. The Balaban J connectivity index is 1.92. The molecule has 4 heteroatoms. The Kier molecular flexibility index (Phi) is 4.18. The SMILES string of the molecule is CNCc1sc2ccccc2c1COc1cccnc1C. The second-order valence-corrected chi connectivity index (χ2v) is 6.04. The average molecular weight is 298 g/mol. The molecule has 3 rings (SSSR count). The van der Waals surface area contributed by atoms with Crippen molar-refractivity contribution in [1.29, 1.82) is 0 Å². The fraction of sp³-hybridized carbons (Fsp3) is 0.235. The molecule has 1 N–H and O–H groups in total. The quantitative estimate of drug-likeness (QED) is 0.775. The van der Waals surface area contributed by atoms with E-state index in [0.717, 1.165) is 18.0 Å². The highest BCUT2D eigenvalue weighted by molar-refractivity contribution is 7.19. The van der Waals surface area contributed by atoms with Gasteiger partial charge in [0.1, 0.15) is 12.4 Å². The first-order valence-electron chi connectivity index (χ1n) is 6.98. The second kappa shape index (κ2) is 6.24. The van der Waals surface area contributed by atoms with Gasteiger partial charge in [0.15, 0.2) is 0 Å². The van der Waals surface area contributed by atoms with E-state index in [-0.39, 0.29) is 0 Å². The van der Waals surface area contributed by atoms with Crippen molar-refractivity contribution in [3.05, 3.63) is 58.7 Å². The molecule has 21 heavy (non-hydrogen) atoms. The van der Waals surface area contributed by atoms with Gasteiger partial charge in [0.2, 0.25) is 0 Å². The number of fused-ring (bicyclic) bond motifs is 1. The van der Waals surface area contributed by atoms with Crippen LogP contribution in [0.5, 0.6) is 5.75 Å². The van der Waals surface area contributed by atoms with Crippen molar-refractivity contribution < 1.29 is 4.74 Å². The van der Waals surface area contributed by atoms with Gasteiger partial charge in [-0.2, -0.15) is 0 Å². The van der Waals surface area contributed by atoms with Gasteiger partial charge in [-0.05, 0) is 37.6 Å². The van der Waals surface area contributed by atoms with Gasteiger partial charge in [0, 0.05) is 27.9 Å². The molecule has 3 nitrogen and oxygen atoms in total. The number of thiophene rings is 1. The summed E-state index contributed by atoms with van der Waals surface area (Å²) in [6.07, 6.45) is 1.79. The molecule has 0 unspecified atom stereocenters. The molecule has 0 bridgehead atoms. The molecular formula is C17H18N2OS. The maximum Gasteiger partial charge on any atom is 0.141 e. The number of hydrogen-bond acceptors (Lipinski definition) is 4. The number of aromatic nitrogens is 1. The first-order valence-corrected chi connectivity index (χ1v) is 7.79. The first kappa shape index (κ1) is 14.0. The zero-order valence-electron chi connectivity index (χ0n) is 12.2. The monoisotopic (exact) mass is 298 g/mol. The van der Waals surface area contributed by atoms with Gasteiger partial charge in [-0.25, -0.2) is 0 Å². The van der Waals surface area contributed by atoms with Crippen LogP contribution in [0.1, 0.15) is 16.1 Å². The van der Waals surface area contributed by atoms with Gasteiger partial charge in [0.05, 0.1) is 5.69 Å². The van der Waals surface area contributed by atoms with Crippen molar-refractivity contribution in [3.8, 4) is 5.75 Å². The van der Waals surface area contributed by atoms with Crippen molar-refractivity contribution in [3.63, 3.8) is 0 Å². The van der Waals surface area contributed by atoms with E-state index in [4.69, 9.17) is 4.74 Å². The van der Waals surface area contributed by atoms with Crippen LogP contribution in [0.3, 0.4) is 0 Å². The van der Waals surface area contributed by atoms with Crippen LogP contribution in [0.4, 0.5) is 0 Å². The minimum atomic E-state index is 0.577. The van der Waals surface area contributed by atoms with E-state index in [1.165, 1.54) is 20.5 Å². The van der Waals surface area contributed by atoms with E-state index >= 15 is 0 Å². The largest absolute Gasteiger partial charge is 0.487 e. The number of aryl methyl sites for hydroxylation is 1. The highest BCUT2D eigenvalue weighted by atomic mass is 32.1. The first-order chi connectivity index (χ1) is 10.3. The molecule has 0 aliphatic carbocycles. The Hall–Kier alpha value is -1.91. The third-order valence-corrected chi connectivity index (χ3v) is 4.66. The molecular weight excluding hydrogens is 280 g/mol. The van der Waals surface area contributed by atoms with Crippen LogP contribution in [-0.2, 0) is 13.2 Å². The van der Waals surface area contributed by atoms with Crippen LogP contribution >= 0.6 is 11.3 Å². The molecule has 108 valence electrons. The zero-order chi connectivity index (χ0) is 14.7. The van der Waals surface area contributed by atoms with E-state index in [9.17, 15) is 0 Å². The fourth-order valence-corrected chi connectivity index (χ4v) is 3.60. The Morgan fingerprint density at radius 3 is 2.86 bits per heavy atom. The Morgan fingerprint density at radius 2 is 2.05 bits per heavy atom. The van der Waals surface area contributed by atoms with Crippen molar-refractivity contribution in [2.24, 2.45) is 0 Å². The minimum absolute atomic E-state index is 0.577. The number of rotatable bonds is 5. The lowest BCUT2D eigenvalue weighted by molar-refractivity contribution is 0.303. The maximum absolute atomic E-state index is 5.99. The fourth-order valence-electron chi connectivity index (χ4n) is 2.38. The summed E-state index contributed by atoms with van der Waals surface area (Å²) < 4.78 is 7.30. The van der Waals surface area contributed by atoms with E-state index in [0.29, 0.717) is 6.61 Å². The van der Waals surface area contributed by atoms with Crippen LogP contribution in [0.2, 0.25) is 0 Å². The summed E-state index contributed by atoms with van der Waals surface area (Å²) in [4.78, 5) is 5.60. The molecule has 0 saturated heterocycles. The van der Waals surface area contributed by atoms with Gasteiger partial charge in [-0.3, -0.25) is 4.98 Å². The smallest absolute Gasteiger partial charge is 0.141 e. The van der Waals surface area contributed by atoms with Crippen molar-refractivity contribution in [2.45, 2.75) is 20.1 Å². The van der Waals surface area contributed by atoms with Crippen LogP contribution in [0, 0.1) is 6.92 Å². The minimum Gasteiger partial charge on any atom is -0.487 e. The summed E-state index contributed by atoms with van der Waals surface area (Å²) in [5.41, 5.74) is 2.19. The summed E-state index contributed by atoms with van der Waals surface area (Å²) in [7, 11) is 1.97. The van der Waals surface area contributed by atoms with Gasteiger partial charge >= 0.3 is 0 Å². The molecule has 0 amide bonds. The Labute approximate surface area is 128 Å². The number of nitrogens with one attached hydrogen (secondary N) is 1. The topological polar surface area (TPSA) is 34.1 Å². The maximum atomic E-state index is 5.99. The number of benzene rings is 1. The van der Waals surface area contributed by atoms with Crippen molar-refractivity contribution in [2.75, 3.05) is 7.05 Å². The molecule has 0 aliphatic heterocycles. The third kappa shape index (κ3) is 2.91. The summed E-state index contributed by atoms with van der Waals surface area (Å²) in [5, 5.41) is 4.52. The number of hydrogen-bond donors (Lipinski definition) is 1. The Bertz CT molecular complexity index is 751. The predicted octanol–water partition coefficient (Wildman–Crippen LogP) is 3.90. The second-order valence-electron chi connectivity index (χ2n) is 4.91. The van der Waals surface area contributed by atoms with Gasteiger partial charge in [-0.1, -0.05) is 18.2 Å². The van der Waals surface area contributed by atoms with E-state index in [1.807, 2.05) is 37.4 Å². The lowest BCUT2D eigenvalue weighted by Crippen LogP contribution is -2.07. The predicted molar refractivity (Wildman–Crippen MR) is 87.9 cm³/mol. The van der Waals surface area contributed by atoms with E-state index < -0.39 is 0 Å². The van der Waals surface area contributed by atoms with Crippen molar-refractivity contribution >= 4 is 21.4 Å². The lowest BCUT2D eigenvalue weighted by Gasteiger charge is -2.09. The highest BCUT2D eigenvalue weighted by Gasteiger charge is 2.12. The van der Waals surface area contributed by atoms with E-state index in [1.54, 1.807) is 6.20 Å². The lowest BCUT2D eigenvalue weighted by atomic mass is 10.1. The molecule has 0 fully saturated rings. The zero-order valence-corrected chi connectivity index (χ0v) is 13.0. The van der Waals surface area contributed by atoms with Crippen molar-refractivity contribution in [1.82, 2.24) is 10.3 Å². The van der Waals surface area contributed by atoms with E-state index in [2.05, 4.69) is 34.6 Å². The third-order valence-electron chi connectivity index (χ3n) is 3.45. The van der Waals surface area contributed by atoms with Crippen LogP contribution in [0.25, 0.3) is 10.1 Å². The average Bonchev–Trinajstić information content (AvgIpc) is 2.84. The summed E-state index contributed by atoms with van der Waals surface area (Å²) in [5.74, 6) is 0.850. The molecule has 0 spiro atoms. The van der Waals surface area contributed by atoms with Gasteiger partial charge in [0.25, 0.3) is 0 Å². The van der Waals surface area contributed by atoms with Crippen LogP contribution in [-0.4, -0.2) is 12.0 Å². The summed E-state index contributed by atoms with van der Waals surface area (Å²) in [6, 6.07) is 12.4. The van der Waals surface area contributed by atoms with Gasteiger partial charge in [-0.15, -0.1) is 11.3 Å². The molecule has 1 aromatic carbocycles. The Morgan fingerprint density at radius 1 is 1.19 bits per heavy atom. The number of nitrogens with zero attached hydrogens (tertiary/aromatic N) is 1. The van der Waals surface area contributed by atoms with Gasteiger partial charge < -0.3 is 10.1 Å². The normalized spacial score (nSPS) is 11.0. The molecule has 0 saturated carbocycles. The molecule has 0 atom stereocenters. The van der Waals surface area contributed by atoms with Crippen LogP contribution in [0.15, 0.2) is 42.6 Å². The molecule has 3 aromatic rings. The molecule has 0 radical (unpaired) electrons. The van der Waals surface area contributed by atoms with Crippen LogP contribution < -0.4 is 10.1 Å². The molecule has 2 heterocycles. The summed E-state index contributed by atoms with van der Waals surface area (Å²) in [6.45, 7) is 3.41. The summed E-state index contributed by atoms with van der Waals surface area (Å²) >= 11 is 1.83.